The molecule has 3 aliphatic rings. The Hall–Kier alpha value is -1.55. The van der Waals surface area contributed by atoms with Crippen molar-refractivity contribution in [1.82, 2.24) is 0 Å². The summed E-state index contributed by atoms with van der Waals surface area (Å²) in [6.45, 7) is 8.63. The predicted octanol–water partition coefficient (Wildman–Crippen LogP) is 6.38. The summed E-state index contributed by atoms with van der Waals surface area (Å²) in [4.78, 5) is 25.4. The second-order valence-corrected chi connectivity index (χ2v) is 11.6. The molecule has 3 fully saturated rings. The minimum atomic E-state index is -0.733. The number of fused-ring (bicyclic) bond motifs is 1. The van der Waals surface area contributed by atoms with E-state index in [0.29, 0.717) is 30.0 Å². The van der Waals surface area contributed by atoms with Crippen LogP contribution >= 0.6 is 11.8 Å². The number of thioether (sulfide) groups is 1. The largest absolute Gasteiger partial charge is 0.481 e. The predicted molar refractivity (Wildman–Crippen MR) is 127 cm³/mol. The molecule has 31 heavy (non-hydrogen) atoms. The molecule has 1 unspecified atom stereocenters. The Bertz CT molecular complexity index is 849. The number of hydrogen-bond donors (Lipinski definition) is 1. The highest BCUT2D eigenvalue weighted by atomic mass is 32.2. The van der Waals surface area contributed by atoms with Crippen LogP contribution in [0.25, 0.3) is 0 Å². The monoisotopic (exact) mass is 440 g/mol. The van der Waals surface area contributed by atoms with Crippen molar-refractivity contribution in [3.8, 4) is 0 Å². The van der Waals surface area contributed by atoms with Crippen molar-refractivity contribution in [3.63, 3.8) is 0 Å². The molecule has 2 bridgehead atoms. The highest BCUT2D eigenvalue weighted by Gasteiger charge is 2.65. The van der Waals surface area contributed by atoms with Crippen LogP contribution in [0.5, 0.6) is 0 Å². The van der Waals surface area contributed by atoms with E-state index in [-0.39, 0.29) is 23.2 Å². The minimum Gasteiger partial charge on any atom is -0.481 e. The van der Waals surface area contributed by atoms with E-state index >= 15 is 0 Å². The number of rotatable bonds is 8. The average Bonchev–Trinajstić information content (AvgIpc) is 2.93. The first-order valence-corrected chi connectivity index (χ1v) is 13.0. The molecular weight excluding hydrogens is 404 g/mol. The number of Topliss-reactive ketones (excluding diaryl/α,β-unsaturated/α-hetero) is 1. The maximum absolute atomic E-state index is 13.9. The first-order chi connectivity index (χ1) is 14.8. The molecule has 4 rings (SSSR count). The molecule has 0 aliphatic heterocycles. The van der Waals surface area contributed by atoms with E-state index in [4.69, 9.17) is 0 Å². The summed E-state index contributed by atoms with van der Waals surface area (Å²) in [6, 6.07) is 10.5. The molecule has 0 radical (unpaired) electrons. The summed E-state index contributed by atoms with van der Waals surface area (Å²) in [5.74, 6) is 2.94. The molecule has 1 aromatic carbocycles. The standard InChI is InChI=1S/C27H36O3S/c1-18(2)22-11-14-27-15-20(9-10-23(27)26(22,3)13-12-24(28)29)21(25(27)30)17-31-16-19-7-5-4-6-8-19/h4-8,20-23H,1,9-17H2,2-3H3,(H,28,29)/t20-,21?,22+,23-,26+,27+/m0/s1. The van der Waals surface area contributed by atoms with Crippen LogP contribution in [0, 0.1) is 34.5 Å². The SMILES string of the molecule is C=C(C)[C@H]1CC[C@@]23C[C@H](CC[C@H]2[C@]1(C)CCC(=O)O)C(CSCc1ccccc1)C3=O. The van der Waals surface area contributed by atoms with Gasteiger partial charge in [0, 0.05) is 29.3 Å². The maximum atomic E-state index is 13.9. The lowest BCUT2D eigenvalue weighted by Crippen LogP contribution is -2.53. The summed E-state index contributed by atoms with van der Waals surface area (Å²) in [7, 11) is 0. The Labute approximate surface area is 191 Å². The van der Waals surface area contributed by atoms with Crippen LogP contribution in [-0.4, -0.2) is 22.6 Å². The molecule has 4 heteroatoms. The van der Waals surface area contributed by atoms with Gasteiger partial charge in [-0.3, -0.25) is 9.59 Å². The molecule has 3 aliphatic carbocycles. The summed E-state index contributed by atoms with van der Waals surface area (Å²) < 4.78 is 0. The van der Waals surface area contributed by atoms with Gasteiger partial charge in [-0.2, -0.15) is 11.8 Å². The Morgan fingerprint density at radius 1 is 1.23 bits per heavy atom. The maximum Gasteiger partial charge on any atom is 0.303 e. The zero-order valence-corrected chi connectivity index (χ0v) is 19.8. The molecule has 1 spiro atoms. The second-order valence-electron chi connectivity index (χ2n) is 10.6. The molecule has 168 valence electrons. The van der Waals surface area contributed by atoms with Gasteiger partial charge in [0.25, 0.3) is 0 Å². The average molecular weight is 441 g/mol. The fourth-order valence-corrected chi connectivity index (χ4v) is 8.75. The van der Waals surface area contributed by atoms with Crippen molar-refractivity contribution in [2.24, 2.45) is 34.5 Å². The normalized spacial score (nSPS) is 36.8. The van der Waals surface area contributed by atoms with Gasteiger partial charge in [-0.15, -0.1) is 0 Å². The first-order valence-electron chi connectivity index (χ1n) is 11.8. The van der Waals surface area contributed by atoms with Crippen molar-refractivity contribution in [2.75, 3.05) is 5.75 Å². The first kappa shape index (κ1) is 22.6. The molecule has 0 aromatic heterocycles. The third kappa shape index (κ3) is 4.01. The summed E-state index contributed by atoms with van der Waals surface area (Å²) in [5, 5.41) is 9.40. The molecule has 1 aromatic rings. The van der Waals surface area contributed by atoms with Crippen LogP contribution in [0.1, 0.15) is 64.4 Å². The molecule has 0 saturated heterocycles. The van der Waals surface area contributed by atoms with Gasteiger partial charge in [0.15, 0.2) is 0 Å². The molecule has 3 saturated carbocycles. The van der Waals surface area contributed by atoms with E-state index in [9.17, 15) is 14.7 Å². The van der Waals surface area contributed by atoms with Gasteiger partial charge >= 0.3 is 5.97 Å². The number of benzene rings is 1. The molecule has 6 atom stereocenters. The van der Waals surface area contributed by atoms with Crippen molar-refractivity contribution in [3.05, 3.63) is 48.0 Å². The Kier molecular flexibility index (Phi) is 6.40. The number of carbonyl (C=O) groups excluding carboxylic acids is 1. The van der Waals surface area contributed by atoms with Gasteiger partial charge in [-0.25, -0.2) is 0 Å². The van der Waals surface area contributed by atoms with E-state index in [1.165, 1.54) is 5.56 Å². The Morgan fingerprint density at radius 2 is 1.97 bits per heavy atom. The lowest BCUT2D eigenvalue weighted by molar-refractivity contribution is -0.146. The van der Waals surface area contributed by atoms with Gasteiger partial charge in [0.1, 0.15) is 5.78 Å². The van der Waals surface area contributed by atoms with Crippen molar-refractivity contribution >= 4 is 23.5 Å². The molecule has 1 N–H and O–H groups in total. The van der Waals surface area contributed by atoms with E-state index in [1.807, 2.05) is 17.8 Å². The number of carboxylic acid groups (broad SMARTS) is 1. The van der Waals surface area contributed by atoms with Gasteiger partial charge < -0.3 is 5.11 Å². The summed E-state index contributed by atoms with van der Waals surface area (Å²) in [6.07, 6.45) is 5.98. The Morgan fingerprint density at radius 3 is 2.65 bits per heavy atom. The quantitative estimate of drug-likeness (QED) is 0.477. The topological polar surface area (TPSA) is 54.4 Å². The number of ketones is 1. The Balaban J connectivity index is 1.53. The zero-order valence-electron chi connectivity index (χ0n) is 18.9. The molecular formula is C27H36O3S. The number of aliphatic carboxylic acids is 1. The van der Waals surface area contributed by atoms with Gasteiger partial charge in [-0.1, -0.05) is 49.4 Å². The third-order valence-corrected chi connectivity index (χ3v) is 10.0. The lowest BCUT2D eigenvalue weighted by atomic mass is 9.46. The molecule has 3 nitrogen and oxygen atoms in total. The lowest BCUT2D eigenvalue weighted by Gasteiger charge is -2.57. The van der Waals surface area contributed by atoms with Crippen LogP contribution in [0.4, 0.5) is 0 Å². The molecule has 0 heterocycles. The van der Waals surface area contributed by atoms with Gasteiger partial charge in [0.2, 0.25) is 0 Å². The van der Waals surface area contributed by atoms with E-state index < -0.39 is 5.97 Å². The summed E-state index contributed by atoms with van der Waals surface area (Å²) in [5.41, 5.74) is 2.11. The van der Waals surface area contributed by atoms with Crippen LogP contribution in [-0.2, 0) is 15.3 Å². The number of carbonyl (C=O) groups is 2. The highest BCUT2D eigenvalue weighted by Crippen LogP contribution is 2.68. The number of allylic oxidation sites excluding steroid dienone is 1. The van der Waals surface area contributed by atoms with Crippen molar-refractivity contribution in [1.29, 1.82) is 0 Å². The van der Waals surface area contributed by atoms with Crippen molar-refractivity contribution in [2.45, 2.75) is 64.5 Å². The zero-order chi connectivity index (χ0) is 22.2. The number of carboxylic acids is 1. The third-order valence-electron chi connectivity index (χ3n) is 8.87. The van der Waals surface area contributed by atoms with Crippen LogP contribution < -0.4 is 0 Å². The minimum absolute atomic E-state index is 0.144. The van der Waals surface area contributed by atoms with Gasteiger partial charge in [-0.05, 0) is 74.2 Å². The van der Waals surface area contributed by atoms with E-state index in [0.717, 1.165) is 49.2 Å². The van der Waals surface area contributed by atoms with Crippen LogP contribution in [0.2, 0.25) is 0 Å². The second kappa shape index (κ2) is 8.77. The molecule has 0 amide bonds. The fraction of sp³-hybridized carbons (Fsp3) is 0.630. The van der Waals surface area contributed by atoms with Crippen LogP contribution in [0.3, 0.4) is 0 Å². The fourth-order valence-electron chi connectivity index (χ4n) is 7.53. The summed E-state index contributed by atoms with van der Waals surface area (Å²) >= 11 is 1.90. The van der Waals surface area contributed by atoms with Crippen molar-refractivity contribution < 1.29 is 14.7 Å². The van der Waals surface area contributed by atoms with Crippen LogP contribution in [0.15, 0.2) is 42.5 Å². The van der Waals surface area contributed by atoms with Gasteiger partial charge in [0.05, 0.1) is 0 Å². The highest BCUT2D eigenvalue weighted by molar-refractivity contribution is 7.98. The van der Waals surface area contributed by atoms with E-state index in [1.54, 1.807) is 0 Å². The smallest absolute Gasteiger partial charge is 0.303 e. The van der Waals surface area contributed by atoms with E-state index in [2.05, 4.69) is 44.7 Å². The number of hydrogen-bond acceptors (Lipinski definition) is 3.